The molecule has 206 valence electrons. The van der Waals surface area contributed by atoms with Crippen LogP contribution in [0.25, 0.3) is 16.3 Å². The Morgan fingerprint density at radius 1 is 0.925 bits per heavy atom. The molecule has 0 saturated carbocycles. The van der Waals surface area contributed by atoms with Gasteiger partial charge >= 0.3 is 0 Å². The van der Waals surface area contributed by atoms with Crippen LogP contribution in [0.1, 0.15) is 18.2 Å². The number of methoxy groups -OCH3 is 3. The van der Waals surface area contributed by atoms with E-state index in [0.717, 1.165) is 27.5 Å². The first-order valence-electron chi connectivity index (χ1n) is 12.4. The van der Waals surface area contributed by atoms with Gasteiger partial charge in [0.25, 0.3) is 5.56 Å². The predicted molar refractivity (Wildman–Crippen MR) is 160 cm³/mol. The van der Waals surface area contributed by atoms with Gasteiger partial charge in [-0.15, -0.1) is 22.7 Å². The van der Waals surface area contributed by atoms with Gasteiger partial charge in [-0.05, 0) is 49.6 Å². The number of benzene rings is 2. The van der Waals surface area contributed by atoms with Crippen LogP contribution >= 0.6 is 22.7 Å². The minimum absolute atomic E-state index is 0.200. The van der Waals surface area contributed by atoms with Gasteiger partial charge in [0.1, 0.15) is 0 Å². The van der Waals surface area contributed by atoms with Gasteiger partial charge in [0, 0.05) is 18.0 Å². The number of hydrogen-bond donors (Lipinski definition) is 0. The summed E-state index contributed by atoms with van der Waals surface area (Å²) in [7, 11) is 6.59. The first-order chi connectivity index (χ1) is 19.4. The van der Waals surface area contributed by atoms with E-state index in [2.05, 4.69) is 0 Å². The summed E-state index contributed by atoms with van der Waals surface area (Å²) in [4.78, 5) is 20.1. The molecule has 9 nitrogen and oxygen atoms in total. The maximum Gasteiger partial charge on any atom is 0.297 e. The third kappa shape index (κ3) is 4.89. The van der Waals surface area contributed by atoms with Crippen molar-refractivity contribution in [2.24, 2.45) is 17.1 Å². The van der Waals surface area contributed by atoms with Gasteiger partial charge in [0.2, 0.25) is 10.6 Å². The summed E-state index contributed by atoms with van der Waals surface area (Å²) in [5.41, 5.74) is 4.05. The lowest BCUT2D eigenvalue weighted by atomic mass is 10.1. The standard InChI is InChI=1S/C29H29N5O4S2/c1-18(20-15-23(36-4)27(38-6)24(16-20)37-5)31-33-22(25-13-10-14-39-25)17-40-29(33)30-26-19(2)32(3)34(28(26)35)21-11-8-7-9-12-21/h7-17H,1-6H3. The number of ether oxygens (including phenoxy) is 3. The van der Waals surface area contributed by atoms with Gasteiger partial charge in [-0.2, -0.15) is 5.10 Å². The van der Waals surface area contributed by atoms with Crippen LogP contribution in [0.3, 0.4) is 0 Å². The van der Waals surface area contributed by atoms with Crippen molar-refractivity contribution in [1.82, 2.24) is 14.0 Å². The molecule has 11 heteroatoms. The Balaban J connectivity index is 1.71. The lowest BCUT2D eigenvalue weighted by Gasteiger charge is -2.14. The molecule has 40 heavy (non-hydrogen) atoms. The minimum atomic E-state index is -0.200. The zero-order valence-electron chi connectivity index (χ0n) is 23.0. The highest BCUT2D eigenvalue weighted by atomic mass is 32.1. The molecular formula is C29H29N5O4S2. The SMILES string of the molecule is COc1cc(C(C)=Nn2c(-c3cccs3)csc2=Nc2c(C)n(C)n(-c3ccccc3)c2=O)cc(OC)c1OC. The van der Waals surface area contributed by atoms with E-state index in [1.165, 1.54) is 11.3 Å². The fourth-order valence-electron chi connectivity index (χ4n) is 4.34. The van der Waals surface area contributed by atoms with Crippen molar-refractivity contribution in [3.63, 3.8) is 0 Å². The summed E-state index contributed by atoms with van der Waals surface area (Å²) in [5, 5.41) is 9.01. The maximum atomic E-state index is 13.6. The Bertz CT molecular complexity index is 1780. The summed E-state index contributed by atoms with van der Waals surface area (Å²) in [5.74, 6) is 1.58. The van der Waals surface area contributed by atoms with Crippen molar-refractivity contribution < 1.29 is 14.2 Å². The molecule has 0 fully saturated rings. The topological polar surface area (TPSA) is 84.3 Å². The number of thiazole rings is 1. The molecule has 5 aromatic rings. The normalized spacial score (nSPS) is 12.2. The van der Waals surface area contributed by atoms with Crippen molar-refractivity contribution >= 4 is 34.1 Å². The zero-order chi connectivity index (χ0) is 28.4. The van der Waals surface area contributed by atoms with Crippen LogP contribution in [-0.4, -0.2) is 41.1 Å². The zero-order valence-corrected chi connectivity index (χ0v) is 24.7. The maximum absolute atomic E-state index is 13.6. The average molecular weight is 576 g/mol. The highest BCUT2D eigenvalue weighted by molar-refractivity contribution is 7.14. The molecule has 0 spiro atoms. The van der Waals surface area contributed by atoms with Crippen LogP contribution in [0, 0.1) is 6.92 Å². The third-order valence-electron chi connectivity index (χ3n) is 6.52. The van der Waals surface area contributed by atoms with Crippen LogP contribution in [0.5, 0.6) is 17.2 Å². The molecule has 0 saturated heterocycles. The Kier molecular flexibility index (Phi) is 7.76. The number of rotatable bonds is 8. The van der Waals surface area contributed by atoms with Crippen molar-refractivity contribution in [3.8, 4) is 33.5 Å². The lowest BCUT2D eigenvalue weighted by Crippen LogP contribution is -2.20. The summed E-state index contributed by atoms with van der Waals surface area (Å²) in [6.45, 7) is 3.80. The second-order valence-corrected chi connectivity index (χ2v) is 10.6. The molecule has 3 heterocycles. The molecule has 2 aromatic carbocycles. The van der Waals surface area contributed by atoms with Crippen LogP contribution in [0.2, 0.25) is 0 Å². The van der Waals surface area contributed by atoms with E-state index >= 15 is 0 Å². The van der Waals surface area contributed by atoms with E-state index in [0.29, 0.717) is 33.4 Å². The Morgan fingerprint density at radius 3 is 2.23 bits per heavy atom. The van der Waals surface area contributed by atoms with Crippen molar-refractivity contribution in [2.45, 2.75) is 13.8 Å². The van der Waals surface area contributed by atoms with E-state index in [1.54, 1.807) is 42.0 Å². The van der Waals surface area contributed by atoms with E-state index < -0.39 is 0 Å². The highest BCUT2D eigenvalue weighted by Gasteiger charge is 2.18. The second kappa shape index (κ2) is 11.4. The van der Waals surface area contributed by atoms with Crippen molar-refractivity contribution in [2.75, 3.05) is 21.3 Å². The Morgan fingerprint density at radius 2 is 1.62 bits per heavy atom. The van der Waals surface area contributed by atoms with Crippen molar-refractivity contribution in [3.05, 3.63) is 91.8 Å². The van der Waals surface area contributed by atoms with Crippen LogP contribution in [0.15, 0.2) is 80.2 Å². The van der Waals surface area contributed by atoms with E-state index in [1.807, 2.05) is 90.9 Å². The molecule has 0 bridgehead atoms. The Labute approximate surface area is 239 Å². The molecule has 0 amide bonds. The molecule has 5 rings (SSSR count). The van der Waals surface area contributed by atoms with E-state index in [4.69, 9.17) is 24.3 Å². The Hall–Kier alpha value is -4.35. The largest absolute Gasteiger partial charge is 0.493 e. The first-order valence-corrected chi connectivity index (χ1v) is 14.1. The van der Waals surface area contributed by atoms with Gasteiger partial charge < -0.3 is 14.2 Å². The quantitative estimate of drug-likeness (QED) is 0.225. The lowest BCUT2D eigenvalue weighted by molar-refractivity contribution is 0.324. The van der Waals surface area contributed by atoms with Crippen LogP contribution in [0.4, 0.5) is 5.69 Å². The molecule has 3 aromatic heterocycles. The van der Waals surface area contributed by atoms with Gasteiger partial charge in [-0.25, -0.2) is 14.4 Å². The molecule has 0 atom stereocenters. The fourth-order valence-corrected chi connectivity index (χ4v) is 5.97. The molecule has 0 radical (unpaired) electrons. The van der Waals surface area contributed by atoms with Gasteiger partial charge in [-0.1, -0.05) is 24.3 Å². The van der Waals surface area contributed by atoms with E-state index in [-0.39, 0.29) is 5.56 Å². The van der Waals surface area contributed by atoms with Gasteiger partial charge in [0.05, 0.1) is 49.0 Å². The van der Waals surface area contributed by atoms with Crippen LogP contribution < -0.4 is 24.6 Å². The van der Waals surface area contributed by atoms with Crippen LogP contribution in [-0.2, 0) is 7.05 Å². The number of aromatic nitrogens is 3. The van der Waals surface area contributed by atoms with E-state index in [9.17, 15) is 4.79 Å². The second-order valence-electron chi connectivity index (χ2n) is 8.81. The fraction of sp³-hybridized carbons (Fsp3) is 0.207. The minimum Gasteiger partial charge on any atom is -0.493 e. The predicted octanol–water partition coefficient (Wildman–Crippen LogP) is 5.61. The molecule has 0 N–H and O–H groups in total. The molecule has 0 aliphatic heterocycles. The monoisotopic (exact) mass is 575 g/mol. The molecule has 0 unspecified atom stereocenters. The summed E-state index contributed by atoms with van der Waals surface area (Å²) in [6, 6.07) is 17.3. The first kappa shape index (κ1) is 27.2. The van der Waals surface area contributed by atoms with Gasteiger partial charge in [-0.3, -0.25) is 9.48 Å². The number of hydrogen-bond acceptors (Lipinski definition) is 8. The number of nitrogens with zero attached hydrogens (tertiary/aromatic N) is 5. The van der Waals surface area contributed by atoms with Gasteiger partial charge in [0.15, 0.2) is 17.2 Å². The number of para-hydroxylation sites is 1. The molecule has 0 aliphatic carbocycles. The highest BCUT2D eigenvalue weighted by Crippen LogP contribution is 2.38. The molecule has 0 aliphatic rings. The molecular weight excluding hydrogens is 546 g/mol. The average Bonchev–Trinajstić information content (AvgIpc) is 3.69. The number of thiophene rings is 1. The summed E-state index contributed by atoms with van der Waals surface area (Å²) in [6.07, 6.45) is 0. The third-order valence-corrected chi connectivity index (χ3v) is 8.23. The smallest absolute Gasteiger partial charge is 0.297 e. The van der Waals surface area contributed by atoms with Crippen molar-refractivity contribution in [1.29, 1.82) is 0 Å². The summed E-state index contributed by atoms with van der Waals surface area (Å²) < 4.78 is 21.8. The summed E-state index contributed by atoms with van der Waals surface area (Å²) >= 11 is 3.03.